The number of hydrogen-bond donors (Lipinski definition) is 1. The maximum Gasteiger partial charge on any atom is 0.306 e. The number of ether oxygens (including phenoxy) is 1. The summed E-state index contributed by atoms with van der Waals surface area (Å²) in [5.41, 5.74) is 0. The Balaban J connectivity index is 2.06. The fraction of sp³-hybridized carbons (Fsp3) is 0.500. The largest absolute Gasteiger partial charge is 0.507 e. The van der Waals surface area contributed by atoms with E-state index in [1.165, 1.54) is 6.07 Å². The molecular weight excluding hydrogens is 253 g/mol. The zero-order valence-electron chi connectivity index (χ0n) is 10.2. The van der Waals surface area contributed by atoms with Crippen LogP contribution in [0.25, 0.3) is 0 Å². The maximum absolute atomic E-state index is 13.0. The molecule has 0 amide bonds. The molecule has 1 aromatic carbocycles. The second-order valence-corrected chi connectivity index (χ2v) is 6.92. The molecular formula is C12H16NO4P. The first kappa shape index (κ1) is 12.0. The molecule has 0 aromatic heterocycles. The summed E-state index contributed by atoms with van der Waals surface area (Å²) >= 11 is 0. The van der Waals surface area contributed by atoms with Crippen LogP contribution in [0.5, 0.6) is 11.5 Å². The summed E-state index contributed by atoms with van der Waals surface area (Å²) < 4.78 is 25.6. The van der Waals surface area contributed by atoms with Crippen molar-refractivity contribution in [1.29, 1.82) is 0 Å². The minimum atomic E-state index is -3.10. The second-order valence-electron chi connectivity index (χ2n) is 4.63. The summed E-state index contributed by atoms with van der Waals surface area (Å²) in [5, 5.41) is 10.3. The Hall–Kier alpha value is -1.03. The van der Waals surface area contributed by atoms with Crippen LogP contribution in [0.15, 0.2) is 18.2 Å². The summed E-state index contributed by atoms with van der Waals surface area (Å²) in [6.45, 7) is 1.24. The second kappa shape index (κ2) is 4.26. The van der Waals surface area contributed by atoms with E-state index >= 15 is 0 Å². The van der Waals surface area contributed by atoms with Gasteiger partial charge in [0.1, 0.15) is 11.5 Å². The third kappa shape index (κ3) is 1.66. The lowest BCUT2D eigenvalue weighted by Gasteiger charge is -2.22. The van der Waals surface area contributed by atoms with Crippen molar-refractivity contribution in [2.75, 3.05) is 20.3 Å². The van der Waals surface area contributed by atoms with Crippen LogP contribution in [0.1, 0.15) is 12.8 Å². The average molecular weight is 269 g/mol. The highest BCUT2D eigenvalue weighted by atomic mass is 31.2. The van der Waals surface area contributed by atoms with Gasteiger partial charge in [0.25, 0.3) is 0 Å². The molecule has 98 valence electrons. The number of rotatable bonds is 2. The number of phenolic OH excluding ortho intramolecular Hbond substituents is 1. The Morgan fingerprint density at radius 1 is 1.56 bits per heavy atom. The van der Waals surface area contributed by atoms with Crippen LogP contribution < -0.4 is 10.0 Å². The average Bonchev–Trinajstić information content (AvgIpc) is 2.95. The van der Waals surface area contributed by atoms with Crippen molar-refractivity contribution in [2.45, 2.75) is 18.9 Å². The summed E-state index contributed by atoms with van der Waals surface area (Å²) in [5.74, 6) is 0.580. The molecule has 5 nitrogen and oxygen atoms in total. The smallest absolute Gasteiger partial charge is 0.306 e. The van der Waals surface area contributed by atoms with Crippen molar-refractivity contribution >= 4 is 12.8 Å². The van der Waals surface area contributed by atoms with E-state index < -0.39 is 7.52 Å². The molecule has 0 aliphatic carbocycles. The fourth-order valence-electron chi connectivity index (χ4n) is 2.66. The topological polar surface area (TPSA) is 59.0 Å². The van der Waals surface area contributed by atoms with Crippen molar-refractivity contribution in [3.63, 3.8) is 0 Å². The molecule has 1 N–H and O–H groups in total. The highest BCUT2D eigenvalue weighted by Gasteiger charge is 2.48. The molecule has 1 unspecified atom stereocenters. The zero-order chi connectivity index (χ0) is 12.8. The number of hydrogen-bond acceptors (Lipinski definition) is 4. The molecule has 6 heteroatoms. The van der Waals surface area contributed by atoms with Gasteiger partial charge in [0.05, 0.1) is 19.0 Å². The van der Waals surface area contributed by atoms with E-state index in [9.17, 15) is 9.67 Å². The molecule has 2 fully saturated rings. The first-order chi connectivity index (χ1) is 8.65. The molecule has 0 saturated carbocycles. The van der Waals surface area contributed by atoms with Crippen LogP contribution in [0.2, 0.25) is 0 Å². The van der Waals surface area contributed by atoms with Gasteiger partial charge in [0, 0.05) is 12.6 Å². The van der Waals surface area contributed by atoms with Gasteiger partial charge in [-0.05, 0) is 31.0 Å². The Morgan fingerprint density at radius 3 is 3.17 bits per heavy atom. The monoisotopic (exact) mass is 269 g/mol. The molecule has 3 rings (SSSR count). The molecule has 2 heterocycles. The normalized spacial score (nSPS) is 31.5. The predicted molar refractivity (Wildman–Crippen MR) is 67.6 cm³/mol. The van der Waals surface area contributed by atoms with Gasteiger partial charge in [0.15, 0.2) is 0 Å². The van der Waals surface area contributed by atoms with Crippen LogP contribution in [-0.4, -0.2) is 36.1 Å². The molecule has 2 aliphatic rings. The van der Waals surface area contributed by atoms with E-state index in [-0.39, 0.29) is 11.8 Å². The summed E-state index contributed by atoms with van der Waals surface area (Å²) in [6.07, 6.45) is 2.04. The van der Waals surface area contributed by atoms with Crippen molar-refractivity contribution in [1.82, 2.24) is 4.67 Å². The molecule has 0 radical (unpaired) electrons. The molecule has 1 aromatic rings. The van der Waals surface area contributed by atoms with Gasteiger partial charge in [-0.15, -0.1) is 0 Å². The molecule has 2 saturated heterocycles. The minimum absolute atomic E-state index is 0.00619. The minimum Gasteiger partial charge on any atom is -0.507 e. The summed E-state index contributed by atoms with van der Waals surface area (Å²) in [6, 6.07) is 4.97. The Labute approximate surface area is 106 Å². The lowest BCUT2D eigenvalue weighted by Crippen LogP contribution is -2.24. The highest BCUT2D eigenvalue weighted by molar-refractivity contribution is 7.65. The molecule has 2 aliphatic heterocycles. The van der Waals surface area contributed by atoms with E-state index in [0.717, 1.165) is 19.4 Å². The van der Waals surface area contributed by atoms with Gasteiger partial charge in [-0.1, -0.05) is 0 Å². The Morgan fingerprint density at radius 2 is 2.39 bits per heavy atom. The lowest BCUT2D eigenvalue weighted by molar-refractivity contribution is 0.330. The van der Waals surface area contributed by atoms with Gasteiger partial charge in [-0.2, -0.15) is 0 Å². The Kier molecular flexibility index (Phi) is 2.85. The third-order valence-corrected chi connectivity index (χ3v) is 6.28. The van der Waals surface area contributed by atoms with Crippen LogP contribution in [0.3, 0.4) is 0 Å². The van der Waals surface area contributed by atoms with E-state index in [0.29, 0.717) is 17.7 Å². The van der Waals surface area contributed by atoms with E-state index in [2.05, 4.69) is 0 Å². The van der Waals surface area contributed by atoms with Crippen molar-refractivity contribution in [2.24, 2.45) is 0 Å². The number of nitrogens with zero attached hydrogens (tertiary/aromatic N) is 1. The molecule has 0 spiro atoms. The predicted octanol–water partition coefficient (Wildman–Crippen LogP) is 1.71. The summed E-state index contributed by atoms with van der Waals surface area (Å²) in [4.78, 5) is 0. The van der Waals surface area contributed by atoms with Crippen molar-refractivity contribution in [3.8, 4) is 11.5 Å². The van der Waals surface area contributed by atoms with Gasteiger partial charge in [-0.25, -0.2) is 4.67 Å². The van der Waals surface area contributed by atoms with Crippen molar-refractivity contribution < 1.29 is 18.9 Å². The van der Waals surface area contributed by atoms with Crippen molar-refractivity contribution in [3.05, 3.63) is 18.2 Å². The first-order valence-electron chi connectivity index (χ1n) is 6.04. The lowest BCUT2D eigenvalue weighted by atomic mass is 10.2. The fourth-order valence-corrected chi connectivity index (χ4v) is 5.27. The van der Waals surface area contributed by atoms with Gasteiger partial charge >= 0.3 is 7.52 Å². The number of aromatic hydroxyl groups is 1. The molecule has 0 bridgehead atoms. The van der Waals surface area contributed by atoms with Crippen LogP contribution >= 0.6 is 7.52 Å². The molecule has 18 heavy (non-hydrogen) atoms. The maximum atomic E-state index is 13.0. The highest BCUT2D eigenvalue weighted by Crippen LogP contribution is 2.59. The van der Waals surface area contributed by atoms with Gasteiger partial charge in [0.2, 0.25) is 0 Å². The number of fused-ring (bicyclic) bond motifs is 1. The SMILES string of the molecule is COc1ccc(O)c(P2(=O)OC[C@@H]3CCCN32)c1. The number of methoxy groups -OCH3 is 1. The van der Waals surface area contributed by atoms with Gasteiger partial charge < -0.3 is 14.4 Å². The van der Waals surface area contributed by atoms with E-state index in [4.69, 9.17) is 9.26 Å². The van der Waals surface area contributed by atoms with Crippen LogP contribution in [0, 0.1) is 0 Å². The first-order valence-corrected chi connectivity index (χ1v) is 7.62. The number of benzene rings is 1. The standard InChI is InChI=1S/C12H16NO4P/c1-16-10-4-5-11(14)12(7-10)18(15)13-6-2-3-9(13)8-17-18/h4-5,7,9,14H,2-3,6,8H2,1H3/t9-,18?/m0/s1. The van der Waals surface area contributed by atoms with E-state index in [1.54, 1.807) is 19.2 Å². The van der Waals surface area contributed by atoms with Crippen LogP contribution in [0.4, 0.5) is 0 Å². The van der Waals surface area contributed by atoms with Crippen LogP contribution in [-0.2, 0) is 9.09 Å². The zero-order valence-corrected chi connectivity index (χ0v) is 11.1. The Bertz CT molecular complexity index is 519. The van der Waals surface area contributed by atoms with E-state index in [1.807, 2.05) is 4.67 Å². The summed E-state index contributed by atoms with van der Waals surface area (Å²) in [7, 11) is -1.56. The van der Waals surface area contributed by atoms with Gasteiger partial charge in [-0.3, -0.25) is 4.57 Å². The number of phenols is 1. The third-order valence-electron chi connectivity index (χ3n) is 3.61. The molecule has 2 atom stereocenters. The quantitative estimate of drug-likeness (QED) is 0.828.